The lowest BCUT2D eigenvalue weighted by atomic mass is 9.93. The van der Waals surface area contributed by atoms with Gasteiger partial charge in [0.25, 0.3) is 0 Å². The maximum atomic E-state index is 12.1. The molecule has 1 heterocycles. The third-order valence-corrected chi connectivity index (χ3v) is 4.10. The predicted molar refractivity (Wildman–Crippen MR) is 72.2 cm³/mol. The van der Waals surface area contributed by atoms with Gasteiger partial charge < -0.3 is 15.7 Å². The minimum atomic E-state index is -0.915. The molecule has 1 aliphatic heterocycles. The molecule has 18 heavy (non-hydrogen) atoms. The number of nitrogens with two attached hydrogens (primary N) is 1. The van der Waals surface area contributed by atoms with Crippen molar-refractivity contribution in [1.29, 1.82) is 0 Å². The van der Waals surface area contributed by atoms with Crippen LogP contribution in [0.1, 0.15) is 26.7 Å². The summed E-state index contributed by atoms with van der Waals surface area (Å²) in [7, 11) is 0. The zero-order valence-electron chi connectivity index (χ0n) is 11.0. The Morgan fingerprint density at radius 1 is 1.50 bits per heavy atom. The zero-order chi connectivity index (χ0) is 13.7. The van der Waals surface area contributed by atoms with Crippen molar-refractivity contribution in [3.05, 3.63) is 0 Å². The molecule has 0 radical (unpaired) electrons. The Bertz CT molecular complexity index is 310. The molecule has 5 nitrogen and oxygen atoms in total. The molecular weight excluding hydrogens is 252 g/mol. The first-order valence-corrected chi connectivity index (χ1v) is 7.41. The molecule has 2 atom stereocenters. The number of thioether (sulfide) groups is 1. The van der Waals surface area contributed by atoms with Crippen LogP contribution in [-0.4, -0.2) is 46.1 Å². The SMILES string of the molecule is CC(C)CC(CN)CC(=O)N1CSC[C@H]1C(=O)O. The normalized spacial score (nSPS) is 21.3. The highest BCUT2D eigenvalue weighted by Gasteiger charge is 2.34. The fourth-order valence-corrected chi connectivity index (χ4v) is 3.36. The number of carbonyl (C=O) groups is 2. The molecule has 0 aromatic rings. The Hall–Kier alpha value is -0.750. The highest BCUT2D eigenvalue weighted by molar-refractivity contribution is 7.99. The third kappa shape index (κ3) is 4.17. The summed E-state index contributed by atoms with van der Waals surface area (Å²) in [4.78, 5) is 24.6. The average Bonchev–Trinajstić information content (AvgIpc) is 2.76. The minimum Gasteiger partial charge on any atom is -0.480 e. The molecule has 0 aliphatic carbocycles. The van der Waals surface area contributed by atoms with Gasteiger partial charge in [-0.3, -0.25) is 4.79 Å². The van der Waals surface area contributed by atoms with Gasteiger partial charge in [0.05, 0.1) is 5.88 Å². The molecular formula is C12H22N2O3S. The van der Waals surface area contributed by atoms with Crippen molar-refractivity contribution in [2.24, 2.45) is 17.6 Å². The number of rotatable bonds is 6. The first-order valence-electron chi connectivity index (χ1n) is 6.25. The fraction of sp³-hybridized carbons (Fsp3) is 0.833. The van der Waals surface area contributed by atoms with E-state index in [0.29, 0.717) is 30.5 Å². The number of carbonyl (C=O) groups excluding carboxylic acids is 1. The zero-order valence-corrected chi connectivity index (χ0v) is 11.8. The third-order valence-electron chi connectivity index (χ3n) is 3.09. The van der Waals surface area contributed by atoms with Crippen molar-refractivity contribution in [1.82, 2.24) is 4.90 Å². The van der Waals surface area contributed by atoms with Crippen LogP contribution < -0.4 is 5.73 Å². The van der Waals surface area contributed by atoms with Crippen molar-refractivity contribution in [2.45, 2.75) is 32.7 Å². The summed E-state index contributed by atoms with van der Waals surface area (Å²) < 4.78 is 0. The van der Waals surface area contributed by atoms with Crippen LogP contribution in [0.3, 0.4) is 0 Å². The number of hydrogen-bond donors (Lipinski definition) is 2. The molecule has 0 bridgehead atoms. The second-order valence-corrected chi connectivity index (χ2v) is 6.15. The summed E-state index contributed by atoms with van der Waals surface area (Å²) >= 11 is 1.49. The van der Waals surface area contributed by atoms with E-state index in [9.17, 15) is 9.59 Å². The summed E-state index contributed by atoms with van der Waals surface area (Å²) in [5, 5.41) is 9.04. The van der Waals surface area contributed by atoms with Crippen LogP contribution in [0.5, 0.6) is 0 Å². The predicted octanol–water partition coefficient (Wildman–Crippen LogP) is 0.984. The first kappa shape index (κ1) is 15.3. The molecule has 0 spiro atoms. The van der Waals surface area contributed by atoms with Gasteiger partial charge in [-0.05, 0) is 24.8 Å². The monoisotopic (exact) mass is 274 g/mol. The van der Waals surface area contributed by atoms with E-state index in [1.54, 1.807) is 0 Å². The topological polar surface area (TPSA) is 83.6 Å². The molecule has 0 saturated carbocycles. The van der Waals surface area contributed by atoms with Gasteiger partial charge in [0.1, 0.15) is 6.04 Å². The number of nitrogens with zero attached hydrogens (tertiary/aromatic N) is 1. The molecule has 6 heteroatoms. The lowest BCUT2D eigenvalue weighted by molar-refractivity contribution is -0.148. The summed E-state index contributed by atoms with van der Waals surface area (Å²) in [5.41, 5.74) is 5.67. The van der Waals surface area contributed by atoms with E-state index in [-0.39, 0.29) is 11.8 Å². The summed E-state index contributed by atoms with van der Waals surface area (Å²) in [6.07, 6.45) is 1.26. The maximum Gasteiger partial charge on any atom is 0.327 e. The van der Waals surface area contributed by atoms with Crippen LogP contribution in [0.2, 0.25) is 0 Å². The van der Waals surface area contributed by atoms with Gasteiger partial charge in [0.15, 0.2) is 0 Å². The number of carboxylic acid groups (broad SMARTS) is 1. The van der Waals surface area contributed by atoms with E-state index in [0.717, 1.165) is 6.42 Å². The van der Waals surface area contributed by atoms with Crippen molar-refractivity contribution in [3.63, 3.8) is 0 Å². The smallest absolute Gasteiger partial charge is 0.327 e. The van der Waals surface area contributed by atoms with E-state index in [1.165, 1.54) is 16.7 Å². The number of amides is 1. The number of aliphatic carboxylic acids is 1. The highest BCUT2D eigenvalue weighted by Crippen LogP contribution is 2.24. The van der Waals surface area contributed by atoms with Crippen LogP contribution in [0, 0.1) is 11.8 Å². The Morgan fingerprint density at radius 3 is 2.67 bits per heavy atom. The van der Waals surface area contributed by atoms with Crippen LogP contribution in [0.15, 0.2) is 0 Å². The van der Waals surface area contributed by atoms with Gasteiger partial charge in [-0.15, -0.1) is 11.8 Å². The van der Waals surface area contributed by atoms with Gasteiger partial charge in [-0.25, -0.2) is 4.79 Å². The second-order valence-electron chi connectivity index (χ2n) is 5.15. The minimum absolute atomic E-state index is 0.0801. The number of carboxylic acids is 1. The molecule has 104 valence electrons. The van der Waals surface area contributed by atoms with E-state index in [2.05, 4.69) is 13.8 Å². The quantitative estimate of drug-likeness (QED) is 0.754. The van der Waals surface area contributed by atoms with E-state index in [1.807, 2.05) is 0 Å². The molecule has 1 aliphatic rings. The largest absolute Gasteiger partial charge is 0.480 e. The lowest BCUT2D eigenvalue weighted by Gasteiger charge is -2.24. The molecule has 3 N–H and O–H groups in total. The van der Waals surface area contributed by atoms with Gasteiger partial charge in [-0.1, -0.05) is 13.8 Å². The average molecular weight is 274 g/mol. The molecule has 0 aromatic heterocycles. The Morgan fingerprint density at radius 2 is 2.17 bits per heavy atom. The van der Waals surface area contributed by atoms with Gasteiger partial charge in [0.2, 0.25) is 5.91 Å². The van der Waals surface area contributed by atoms with E-state index < -0.39 is 12.0 Å². The summed E-state index contributed by atoms with van der Waals surface area (Å²) in [6.45, 7) is 4.67. The van der Waals surface area contributed by atoms with E-state index >= 15 is 0 Å². The molecule has 1 saturated heterocycles. The Balaban J connectivity index is 2.55. The van der Waals surface area contributed by atoms with Gasteiger partial charge in [-0.2, -0.15) is 0 Å². The maximum absolute atomic E-state index is 12.1. The molecule has 1 unspecified atom stereocenters. The van der Waals surface area contributed by atoms with Crippen molar-refractivity contribution in [2.75, 3.05) is 18.2 Å². The molecule has 0 aromatic carbocycles. The van der Waals surface area contributed by atoms with Crippen LogP contribution in [-0.2, 0) is 9.59 Å². The second kappa shape index (κ2) is 6.99. The van der Waals surface area contributed by atoms with Crippen LogP contribution >= 0.6 is 11.8 Å². The summed E-state index contributed by atoms with van der Waals surface area (Å²) in [5.74, 6) is 0.616. The molecule has 1 amide bonds. The highest BCUT2D eigenvalue weighted by atomic mass is 32.2. The summed E-state index contributed by atoms with van der Waals surface area (Å²) in [6, 6.07) is -0.667. The van der Waals surface area contributed by atoms with Crippen molar-refractivity contribution < 1.29 is 14.7 Å². The standard InChI is InChI=1S/C12H22N2O3S/c1-8(2)3-9(5-13)4-11(15)14-7-18-6-10(14)12(16)17/h8-10H,3-7,13H2,1-2H3,(H,16,17)/t9?,10-/m0/s1. The Labute approximate surface area is 112 Å². The fourth-order valence-electron chi connectivity index (χ4n) is 2.19. The first-order chi connectivity index (χ1) is 8.45. The molecule has 1 rings (SSSR count). The van der Waals surface area contributed by atoms with Crippen molar-refractivity contribution in [3.8, 4) is 0 Å². The van der Waals surface area contributed by atoms with E-state index in [4.69, 9.17) is 10.8 Å². The Kier molecular flexibility index (Phi) is 5.95. The molecule has 1 fully saturated rings. The van der Waals surface area contributed by atoms with Gasteiger partial charge >= 0.3 is 5.97 Å². The van der Waals surface area contributed by atoms with Crippen LogP contribution in [0.4, 0.5) is 0 Å². The van der Waals surface area contributed by atoms with Crippen molar-refractivity contribution >= 4 is 23.6 Å². The van der Waals surface area contributed by atoms with Gasteiger partial charge in [0, 0.05) is 12.2 Å². The lowest BCUT2D eigenvalue weighted by Crippen LogP contribution is -2.42. The van der Waals surface area contributed by atoms with Crippen LogP contribution in [0.25, 0.3) is 0 Å². The number of hydrogen-bond acceptors (Lipinski definition) is 4.